The highest BCUT2D eigenvalue weighted by Crippen LogP contribution is 2.37. The number of nitriles is 1. The number of fused-ring (bicyclic) bond motifs is 1. The van der Waals surface area contributed by atoms with Crippen molar-refractivity contribution in [3.63, 3.8) is 0 Å². The molecular formula is C52H53ClN6O4. The maximum absolute atomic E-state index is 9.86. The monoisotopic (exact) mass is 860 g/mol. The van der Waals surface area contributed by atoms with Crippen molar-refractivity contribution >= 4 is 22.6 Å². The molecule has 1 fully saturated rings. The predicted molar refractivity (Wildman–Crippen MR) is 248 cm³/mol. The highest BCUT2D eigenvalue weighted by Gasteiger charge is 2.21. The number of pyridine rings is 1. The van der Waals surface area contributed by atoms with Gasteiger partial charge in [-0.05, 0) is 97.4 Å². The Kier molecular flexibility index (Phi) is 14.0. The average molecular weight is 861 g/mol. The van der Waals surface area contributed by atoms with Gasteiger partial charge in [-0.2, -0.15) is 5.26 Å². The van der Waals surface area contributed by atoms with Crippen LogP contribution < -0.4 is 14.2 Å². The minimum absolute atomic E-state index is 0.207. The Hall–Kier alpha value is -6.22. The van der Waals surface area contributed by atoms with E-state index in [0.29, 0.717) is 54.9 Å². The number of likely N-dealkylation sites (tertiary alicyclic amines) is 1. The molecule has 0 unspecified atom stereocenters. The minimum atomic E-state index is -0.208. The van der Waals surface area contributed by atoms with Gasteiger partial charge in [-0.3, -0.25) is 9.88 Å². The number of β-amino-alcohol motifs (C(OH)–C–C–N with tert-alkyl or cyclic N) is 1. The Balaban J connectivity index is 0.999. The van der Waals surface area contributed by atoms with Crippen molar-refractivity contribution in [2.24, 2.45) is 0 Å². The molecule has 63 heavy (non-hydrogen) atoms. The van der Waals surface area contributed by atoms with Gasteiger partial charge in [0, 0.05) is 62.3 Å². The second-order valence-electron chi connectivity index (χ2n) is 16.4. The molecule has 1 saturated heterocycles. The van der Waals surface area contributed by atoms with Gasteiger partial charge >= 0.3 is 0 Å². The van der Waals surface area contributed by atoms with E-state index in [2.05, 4.69) is 113 Å². The van der Waals surface area contributed by atoms with Crippen molar-refractivity contribution in [1.29, 1.82) is 5.26 Å². The first-order chi connectivity index (χ1) is 30.7. The number of hydrogen-bond acceptors (Lipinski definition) is 9. The number of ether oxygens (including phenoxy) is 3. The van der Waals surface area contributed by atoms with Crippen molar-refractivity contribution < 1.29 is 19.3 Å². The summed E-state index contributed by atoms with van der Waals surface area (Å²) in [6.07, 6.45) is 4.79. The van der Waals surface area contributed by atoms with Gasteiger partial charge in [0.2, 0.25) is 0 Å². The molecule has 3 heterocycles. The van der Waals surface area contributed by atoms with Gasteiger partial charge in [0.15, 0.2) is 0 Å². The zero-order valence-electron chi connectivity index (χ0n) is 36.1. The van der Waals surface area contributed by atoms with E-state index in [9.17, 15) is 10.4 Å². The van der Waals surface area contributed by atoms with Crippen LogP contribution in [0, 0.1) is 25.2 Å². The number of aromatic nitrogens is 3. The summed E-state index contributed by atoms with van der Waals surface area (Å²) in [7, 11) is 2.07. The average Bonchev–Trinajstić information content (AvgIpc) is 3.87. The molecule has 0 bridgehead atoms. The Morgan fingerprint density at radius 3 is 2.38 bits per heavy atom. The van der Waals surface area contributed by atoms with Crippen molar-refractivity contribution in [3.8, 4) is 34.4 Å². The fourth-order valence-corrected chi connectivity index (χ4v) is 8.59. The molecule has 1 N–H and O–H groups in total. The van der Waals surface area contributed by atoms with Crippen LogP contribution in [-0.2, 0) is 32.8 Å². The number of hydrogen-bond donors (Lipinski definition) is 1. The molecule has 0 amide bonds. The quantitative estimate of drug-likeness (QED) is 0.0844. The molecule has 10 nitrogen and oxygen atoms in total. The van der Waals surface area contributed by atoms with Gasteiger partial charge in [-0.15, -0.1) is 0 Å². The molecule has 0 radical (unpaired) electrons. The Morgan fingerprint density at radius 1 is 0.794 bits per heavy atom. The van der Waals surface area contributed by atoms with Gasteiger partial charge in [-0.1, -0.05) is 84.4 Å². The third-order valence-corrected chi connectivity index (χ3v) is 12.0. The van der Waals surface area contributed by atoms with Crippen molar-refractivity contribution in [2.75, 3.05) is 33.3 Å². The van der Waals surface area contributed by atoms with Crippen molar-refractivity contribution in [3.05, 3.63) is 171 Å². The van der Waals surface area contributed by atoms with E-state index >= 15 is 0 Å². The van der Waals surface area contributed by atoms with E-state index in [1.807, 2.05) is 36.4 Å². The number of benzene rings is 5. The van der Waals surface area contributed by atoms with Crippen LogP contribution in [0.25, 0.3) is 22.2 Å². The normalized spacial score (nSPS) is 14.0. The highest BCUT2D eigenvalue weighted by atomic mass is 35.5. The van der Waals surface area contributed by atoms with Crippen molar-refractivity contribution in [2.45, 2.75) is 65.6 Å². The minimum Gasteiger partial charge on any atom is -0.493 e. The third-order valence-electron chi connectivity index (χ3n) is 11.7. The molecule has 11 heteroatoms. The summed E-state index contributed by atoms with van der Waals surface area (Å²) < 4.78 is 21.6. The van der Waals surface area contributed by atoms with Crippen LogP contribution in [0.1, 0.15) is 57.6 Å². The lowest BCUT2D eigenvalue weighted by Gasteiger charge is -2.21. The lowest BCUT2D eigenvalue weighted by molar-refractivity contribution is 0.173. The Labute approximate surface area is 374 Å². The van der Waals surface area contributed by atoms with Crippen LogP contribution >= 0.6 is 11.6 Å². The smallest absolute Gasteiger partial charge is 0.142 e. The molecule has 0 spiro atoms. The molecule has 5 aromatic carbocycles. The van der Waals surface area contributed by atoms with Gasteiger partial charge < -0.3 is 28.8 Å². The molecule has 7 aromatic rings. The molecule has 1 aliphatic rings. The summed E-state index contributed by atoms with van der Waals surface area (Å²) in [6, 6.07) is 38.9. The van der Waals surface area contributed by atoms with E-state index < -0.39 is 0 Å². The number of aliphatic hydroxyl groups excluding tert-OH is 1. The third kappa shape index (κ3) is 10.7. The number of imidazole rings is 1. The van der Waals surface area contributed by atoms with Gasteiger partial charge in [0.25, 0.3) is 0 Å². The van der Waals surface area contributed by atoms with Gasteiger partial charge in [0.1, 0.15) is 42.4 Å². The summed E-state index contributed by atoms with van der Waals surface area (Å²) in [5, 5.41) is 19.8. The van der Waals surface area contributed by atoms with E-state index in [0.717, 1.165) is 94.0 Å². The highest BCUT2D eigenvalue weighted by molar-refractivity contribution is 6.32. The summed E-state index contributed by atoms with van der Waals surface area (Å²) in [6.45, 7) is 9.77. The molecule has 1 aliphatic heterocycles. The molecule has 322 valence electrons. The maximum Gasteiger partial charge on any atom is 0.142 e. The SMILES string of the molecule is Cc1c(COc2cc(OCc3cncc(C#N)c3)c(CN(C)Cc3nc4ccccc4n3Cc3ccccc3)cc2Cl)cccc1-c1cccc(OCCCN2CC[C@@H](O)C2)c1C. The van der Waals surface area contributed by atoms with Gasteiger partial charge in [-0.25, -0.2) is 4.98 Å². The van der Waals surface area contributed by atoms with Gasteiger partial charge in [0.05, 0.1) is 40.9 Å². The van der Waals surface area contributed by atoms with Crippen LogP contribution in [0.3, 0.4) is 0 Å². The fraction of sp³-hybridized carbons (Fsp3) is 0.288. The first-order valence-electron chi connectivity index (χ1n) is 21.5. The number of aliphatic hydroxyl groups is 1. The molecule has 0 aliphatic carbocycles. The summed E-state index contributed by atoms with van der Waals surface area (Å²) in [4.78, 5) is 13.8. The summed E-state index contributed by atoms with van der Waals surface area (Å²) in [5.41, 5.74) is 10.8. The topological polar surface area (TPSA) is 109 Å². The fourth-order valence-electron chi connectivity index (χ4n) is 8.35. The summed E-state index contributed by atoms with van der Waals surface area (Å²) in [5.74, 6) is 2.96. The summed E-state index contributed by atoms with van der Waals surface area (Å²) >= 11 is 7.05. The van der Waals surface area contributed by atoms with Crippen molar-refractivity contribution in [1.82, 2.24) is 24.3 Å². The van der Waals surface area contributed by atoms with E-state index in [4.69, 9.17) is 30.8 Å². The van der Waals surface area contributed by atoms with E-state index in [1.54, 1.807) is 12.3 Å². The Morgan fingerprint density at radius 2 is 1.57 bits per heavy atom. The first kappa shape index (κ1) is 43.4. The van der Waals surface area contributed by atoms with Crippen LogP contribution in [0.4, 0.5) is 0 Å². The van der Waals surface area contributed by atoms with E-state index in [1.165, 1.54) is 11.8 Å². The molecule has 8 rings (SSSR count). The molecule has 0 saturated carbocycles. The zero-order valence-corrected chi connectivity index (χ0v) is 36.9. The maximum atomic E-state index is 9.86. The lowest BCUT2D eigenvalue weighted by Crippen LogP contribution is -2.24. The standard InChI is InChI=1S/C52H53ClN6O4/c1-36-41(14-9-15-44(36)45-16-10-19-49(37(45)2)61-23-11-21-58-22-20-43(60)32-58)35-63-51-26-50(62-34-40-24-39(27-54)28-55-29-40)42(25-46(51)53)31-57(3)33-52-56-47-17-7-8-18-48(47)59(52)30-38-12-5-4-6-13-38/h4-10,12-19,24-26,28-29,43,60H,11,20-23,30-35H2,1-3H3/t43-/m1/s1. The lowest BCUT2D eigenvalue weighted by atomic mass is 9.93. The predicted octanol–water partition coefficient (Wildman–Crippen LogP) is 9.91. The zero-order chi connectivity index (χ0) is 43.7. The Bertz CT molecular complexity index is 2710. The second-order valence-corrected chi connectivity index (χ2v) is 16.8. The molecule has 2 aromatic heterocycles. The number of para-hydroxylation sites is 2. The molecular weight excluding hydrogens is 808 g/mol. The number of halogens is 1. The van der Waals surface area contributed by atoms with E-state index in [-0.39, 0.29) is 12.7 Å². The largest absolute Gasteiger partial charge is 0.493 e. The molecule has 1 atom stereocenters. The number of nitrogens with zero attached hydrogens (tertiary/aromatic N) is 6. The van der Waals surface area contributed by atoms with Crippen LogP contribution in [-0.4, -0.2) is 68.8 Å². The number of rotatable bonds is 18. The van der Waals surface area contributed by atoms with Crippen LogP contribution in [0.5, 0.6) is 17.2 Å². The van der Waals surface area contributed by atoms with Crippen LogP contribution in [0.2, 0.25) is 5.02 Å². The first-order valence-corrected chi connectivity index (χ1v) is 21.9. The van der Waals surface area contributed by atoms with Crippen LogP contribution in [0.15, 0.2) is 122 Å². The second kappa shape index (κ2) is 20.3.